The molecule has 3 rings (SSSR count). The molecule has 0 heterocycles. The first-order chi connectivity index (χ1) is 14.3. The van der Waals surface area contributed by atoms with E-state index in [-0.39, 0.29) is 13.1 Å². The Balaban J connectivity index is 0.000000456. The molecule has 4 nitrogen and oxygen atoms in total. The number of nitrogens with two attached hydrogens (primary N) is 1. The Morgan fingerprint density at radius 2 is 1.23 bits per heavy atom. The second-order valence-corrected chi connectivity index (χ2v) is 6.34. The maximum atomic E-state index is 12.6. The minimum Gasteiger partial charge on any atom is -0.368 e. The van der Waals surface area contributed by atoms with E-state index in [0.29, 0.717) is 11.1 Å². The molecule has 0 bridgehead atoms. The van der Waals surface area contributed by atoms with E-state index in [1.807, 2.05) is 36.4 Å². The predicted molar refractivity (Wildman–Crippen MR) is 108 cm³/mol. The highest BCUT2D eigenvalue weighted by Crippen LogP contribution is 2.29. The number of carbonyl (C=O) groups excluding carboxylic acids is 2. The molecule has 3 aromatic rings. The highest BCUT2D eigenvalue weighted by atomic mass is 19.4. The van der Waals surface area contributed by atoms with Gasteiger partial charge in [-0.1, -0.05) is 66.7 Å². The number of amides is 2. The van der Waals surface area contributed by atoms with Crippen molar-refractivity contribution in [3.05, 3.63) is 108 Å². The average molecular weight is 414 g/mol. The van der Waals surface area contributed by atoms with Crippen LogP contribution in [-0.2, 0) is 17.5 Å². The molecule has 0 aliphatic carbocycles. The summed E-state index contributed by atoms with van der Waals surface area (Å²) in [6.07, 6.45) is -4.43. The molecule has 0 aromatic heterocycles. The van der Waals surface area contributed by atoms with Crippen molar-refractivity contribution < 1.29 is 22.8 Å². The zero-order valence-electron chi connectivity index (χ0n) is 16.0. The first-order valence-corrected chi connectivity index (χ1v) is 9.06. The van der Waals surface area contributed by atoms with Crippen LogP contribution in [0.4, 0.5) is 13.2 Å². The van der Waals surface area contributed by atoms with Gasteiger partial charge in [0.15, 0.2) is 0 Å². The Morgan fingerprint density at radius 3 is 1.67 bits per heavy atom. The number of benzene rings is 3. The van der Waals surface area contributed by atoms with Crippen molar-refractivity contribution in [1.29, 1.82) is 0 Å². The highest BCUT2D eigenvalue weighted by molar-refractivity contribution is 5.96. The number of primary amides is 1. The van der Waals surface area contributed by atoms with Gasteiger partial charge in [-0.15, -0.1) is 0 Å². The largest absolute Gasteiger partial charge is 0.416 e. The van der Waals surface area contributed by atoms with Crippen LogP contribution in [0.5, 0.6) is 0 Å². The Labute approximate surface area is 172 Å². The molecule has 3 aromatic carbocycles. The van der Waals surface area contributed by atoms with Gasteiger partial charge in [0.05, 0.1) is 12.1 Å². The molecule has 0 unspecified atom stereocenters. The molecular weight excluding hydrogens is 393 g/mol. The average Bonchev–Trinajstić information content (AvgIpc) is 2.74. The quantitative estimate of drug-likeness (QED) is 0.667. The Hall–Kier alpha value is -3.61. The van der Waals surface area contributed by atoms with Gasteiger partial charge in [0, 0.05) is 12.1 Å². The van der Waals surface area contributed by atoms with Crippen LogP contribution in [0, 0.1) is 0 Å². The summed E-state index contributed by atoms with van der Waals surface area (Å²) in [6, 6.07) is 24.7. The molecule has 0 fully saturated rings. The first kappa shape index (κ1) is 22.7. The minimum absolute atomic E-state index is 0.0190. The summed E-state index contributed by atoms with van der Waals surface area (Å²) in [4.78, 5) is 24.8. The third-order valence-electron chi connectivity index (χ3n) is 3.98. The van der Waals surface area contributed by atoms with E-state index in [9.17, 15) is 22.8 Å². The second-order valence-electron chi connectivity index (χ2n) is 6.34. The van der Waals surface area contributed by atoms with Gasteiger partial charge < -0.3 is 10.6 Å². The second kappa shape index (κ2) is 10.8. The number of rotatable bonds is 5. The van der Waals surface area contributed by atoms with Crippen LogP contribution in [0.25, 0.3) is 0 Å². The molecule has 0 aliphatic rings. The van der Waals surface area contributed by atoms with E-state index in [2.05, 4.69) is 0 Å². The van der Waals surface area contributed by atoms with Gasteiger partial charge in [0.1, 0.15) is 0 Å². The molecular formula is C23H21F3N2O2. The molecule has 30 heavy (non-hydrogen) atoms. The molecule has 0 saturated carbocycles. The first-order valence-electron chi connectivity index (χ1n) is 9.06. The van der Waals surface area contributed by atoms with Gasteiger partial charge in [0.2, 0.25) is 5.91 Å². The van der Waals surface area contributed by atoms with Gasteiger partial charge in [0.25, 0.3) is 5.91 Å². The minimum atomic E-state index is -4.43. The molecule has 2 N–H and O–H groups in total. The van der Waals surface area contributed by atoms with E-state index in [0.717, 1.165) is 12.1 Å². The SMILES string of the molecule is NC(=O)CN(Cc1ccc(C(F)(F)F)cc1)C(=O)c1ccccc1.c1ccccc1. The third kappa shape index (κ3) is 7.43. The Bertz CT molecular complexity index is 901. The number of alkyl halides is 3. The summed E-state index contributed by atoms with van der Waals surface area (Å²) in [5.41, 5.74) is 5.22. The van der Waals surface area contributed by atoms with Gasteiger partial charge in [-0.05, 0) is 29.8 Å². The Kier molecular flexibility index (Phi) is 8.17. The van der Waals surface area contributed by atoms with Crippen LogP contribution in [0.15, 0.2) is 91.0 Å². The van der Waals surface area contributed by atoms with E-state index in [1.165, 1.54) is 17.0 Å². The molecule has 0 saturated heterocycles. The number of hydrogen-bond acceptors (Lipinski definition) is 2. The van der Waals surface area contributed by atoms with Crippen molar-refractivity contribution in [2.45, 2.75) is 12.7 Å². The topological polar surface area (TPSA) is 63.4 Å². The predicted octanol–water partition coefficient (Wildman–Crippen LogP) is 4.52. The molecule has 7 heteroatoms. The van der Waals surface area contributed by atoms with Crippen molar-refractivity contribution in [1.82, 2.24) is 4.90 Å². The van der Waals surface area contributed by atoms with Crippen molar-refractivity contribution >= 4 is 11.8 Å². The van der Waals surface area contributed by atoms with E-state index in [4.69, 9.17) is 5.73 Å². The molecule has 0 atom stereocenters. The van der Waals surface area contributed by atoms with E-state index < -0.39 is 23.6 Å². The summed E-state index contributed by atoms with van der Waals surface area (Å²) in [5, 5.41) is 0. The fourth-order valence-electron chi connectivity index (χ4n) is 2.56. The maximum Gasteiger partial charge on any atom is 0.416 e. The summed E-state index contributed by atoms with van der Waals surface area (Å²) in [5.74, 6) is -1.12. The molecule has 0 aliphatic heterocycles. The van der Waals surface area contributed by atoms with Gasteiger partial charge >= 0.3 is 6.18 Å². The molecule has 0 radical (unpaired) electrons. The maximum absolute atomic E-state index is 12.6. The lowest BCUT2D eigenvalue weighted by Gasteiger charge is -2.21. The lowest BCUT2D eigenvalue weighted by atomic mass is 10.1. The number of carbonyl (C=O) groups is 2. The number of nitrogens with zero attached hydrogens (tertiary/aromatic N) is 1. The zero-order valence-corrected chi connectivity index (χ0v) is 16.0. The monoisotopic (exact) mass is 414 g/mol. The van der Waals surface area contributed by atoms with Crippen LogP contribution in [-0.4, -0.2) is 23.3 Å². The van der Waals surface area contributed by atoms with E-state index in [1.54, 1.807) is 30.3 Å². The summed E-state index contributed by atoms with van der Waals surface area (Å²) < 4.78 is 37.7. The fourth-order valence-corrected chi connectivity index (χ4v) is 2.56. The molecule has 156 valence electrons. The smallest absolute Gasteiger partial charge is 0.368 e. The lowest BCUT2D eigenvalue weighted by Crippen LogP contribution is -2.38. The van der Waals surface area contributed by atoms with Crippen LogP contribution < -0.4 is 5.73 Å². The van der Waals surface area contributed by atoms with Crippen molar-refractivity contribution in [3.8, 4) is 0 Å². The standard InChI is InChI=1S/C17H15F3N2O2.C6H6/c18-17(19,20)14-8-6-12(7-9-14)10-22(11-15(21)23)16(24)13-4-2-1-3-5-13;1-2-4-6-5-3-1/h1-9H,10-11H2,(H2,21,23);1-6H. The number of halogens is 3. The third-order valence-corrected chi connectivity index (χ3v) is 3.98. The summed E-state index contributed by atoms with van der Waals surface area (Å²) >= 11 is 0. The van der Waals surface area contributed by atoms with Crippen LogP contribution in [0.3, 0.4) is 0 Å². The van der Waals surface area contributed by atoms with E-state index >= 15 is 0 Å². The van der Waals surface area contributed by atoms with Gasteiger partial charge in [-0.3, -0.25) is 9.59 Å². The fraction of sp³-hybridized carbons (Fsp3) is 0.130. The van der Waals surface area contributed by atoms with Crippen molar-refractivity contribution in [2.24, 2.45) is 5.73 Å². The number of hydrogen-bond donors (Lipinski definition) is 1. The molecule has 0 spiro atoms. The van der Waals surface area contributed by atoms with Crippen molar-refractivity contribution in [3.63, 3.8) is 0 Å². The highest BCUT2D eigenvalue weighted by Gasteiger charge is 2.30. The van der Waals surface area contributed by atoms with Gasteiger partial charge in [-0.25, -0.2) is 0 Å². The summed E-state index contributed by atoms with van der Waals surface area (Å²) in [7, 11) is 0. The normalized spacial score (nSPS) is 10.5. The van der Waals surface area contributed by atoms with Gasteiger partial charge in [-0.2, -0.15) is 13.2 Å². The van der Waals surface area contributed by atoms with Crippen LogP contribution >= 0.6 is 0 Å². The lowest BCUT2D eigenvalue weighted by molar-refractivity contribution is -0.137. The van der Waals surface area contributed by atoms with Crippen LogP contribution in [0.2, 0.25) is 0 Å². The molecule has 2 amide bonds. The Morgan fingerprint density at radius 1 is 0.767 bits per heavy atom. The van der Waals surface area contributed by atoms with Crippen molar-refractivity contribution in [2.75, 3.05) is 6.54 Å². The van der Waals surface area contributed by atoms with Crippen LogP contribution in [0.1, 0.15) is 21.5 Å². The summed E-state index contributed by atoms with van der Waals surface area (Å²) in [6.45, 7) is -0.344. The zero-order chi connectivity index (χ0) is 22.0.